The normalized spacial score (nSPS) is 12.1. The predicted molar refractivity (Wildman–Crippen MR) is 105 cm³/mol. The lowest BCUT2D eigenvalue weighted by Gasteiger charge is -2.18. The van der Waals surface area contributed by atoms with E-state index in [1.54, 1.807) is 48.5 Å². The quantitative estimate of drug-likeness (QED) is 0.649. The van der Waals surface area contributed by atoms with Crippen LogP contribution in [0.5, 0.6) is 11.5 Å². The Morgan fingerprint density at radius 1 is 1.11 bits per heavy atom. The maximum Gasteiger partial charge on any atom is 0.306 e. The average Bonchev–Trinajstić information content (AvgIpc) is 2.69. The zero-order chi connectivity index (χ0) is 20.3. The molecule has 0 amide bonds. The summed E-state index contributed by atoms with van der Waals surface area (Å²) in [6, 6.07) is 13.8. The van der Waals surface area contributed by atoms with E-state index in [4.69, 9.17) is 13.9 Å². The van der Waals surface area contributed by atoms with Crippen LogP contribution in [0.1, 0.15) is 37.5 Å². The van der Waals surface area contributed by atoms with Gasteiger partial charge in [0.1, 0.15) is 11.3 Å². The summed E-state index contributed by atoms with van der Waals surface area (Å²) in [5.41, 5.74) is 0.497. The molecular weight excluding hydrogens is 360 g/mol. The Balaban J connectivity index is 2.10. The Labute approximate surface area is 162 Å². The number of carbonyl (C=O) groups excluding carboxylic acids is 1. The summed E-state index contributed by atoms with van der Waals surface area (Å²) in [6.07, 6.45) is -0.0605. The first kappa shape index (κ1) is 19.5. The number of para-hydroxylation sites is 1. The highest BCUT2D eigenvalue weighted by atomic mass is 16.5. The summed E-state index contributed by atoms with van der Waals surface area (Å²) in [5, 5.41) is 10.8. The summed E-state index contributed by atoms with van der Waals surface area (Å²) in [6.45, 7) is 3.85. The van der Waals surface area contributed by atoms with Crippen LogP contribution in [0.2, 0.25) is 0 Å². The van der Waals surface area contributed by atoms with Gasteiger partial charge in [-0.15, -0.1) is 0 Å². The van der Waals surface area contributed by atoms with Gasteiger partial charge in [-0.25, -0.2) is 0 Å². The molecule has 1 N–H and O–H groups in total. The van der Waals surface area contributed by atoms with Gasteiger partial charge in [0.05, 0.1) is 30.9 Å². The van der Waals surface area contributed by atoms with Crippen LogP contribution in [0.15, 0.2) is 57.7 Å². The molecule has 3 rings (SSSR count). The minimum absolute atomic E-state index is 0.0271. The van der Waals surface area contributed by atoms with Crippen LogP contribution in [0.25, 0.3) is 11.0 Å². The second-order valence-corrected chi connectivity index (χ2v) is 6.71. The smallest absolute Gasteiger partial charge is 0.306 e. The predicted octanol–water partition coefficient (Wildman–Crippen LogP) is 3.98. The molecule has 0 unspecified atom stereocenters. The zero-order valence-electron chi connectivity index (χ0n) is 16.0. The van der Waals surface area contributed by atoms with Crippen LogP contribution >= 0.6 is 0 Å². The molecule has 1 heterocycles. The third kappa shape index (κ3) is 4.01. The van der Waals surface area contributed by atoms with Crippen LogP contribution in [-0.2, 0) is 9.53 Å². The SMILES string of the molecule is COC(=O)C[C@@H](c1ccc(OC(C)C)cc1)c1oc2ccccc2c(=O)c1O. The van der Waals surface area contributed by atoms with Gasteiger partial charge in [-0.1, -0.05) is 24.3 Å². The summed E-state index contributed by atoms with van der Waals surface area (Å²) < 4.78 is 16.3. The largest absolute Gasteiger partial charge is 0.502 e. The number of benzene rings is 2. The number of rotatable bonds is 6. The molecule has 0 aliphatic carbocycles. The van der Waals surface area contributed by atoms with Crippen molar-refractivity contribution in [3.05, 3.63) is 70.1 Å². The van der Waals surface area contributed by atoms with Gasteiger partial charge in [-0.3, -0.25) is 9.59 Å². The average molecular weight is 382 g/mol. The van der Waals surface area contributed by atoms with E-state index in [2.05, 4.69) is 0 Å². The molecule has 0 fully saturated rings. The van der Waals surface area contributed by atoms with Crippen LogP contribution in [-0.4, -0.2) is 24.3 Å². The van der Waals surface area contributed by atoms with Gasteiger partial charge in [-0.05, 0) is 43.7 Å². The van der Waals surface area contributed by atoms with Crippen LogP contribution in [0, 0.1) is 0 Å². The van der Waals surface area contributed by atoms with E-state index >= 15 is 0 Å². The van der Waals surface area contributed by atoms with Gasteiger partial charge < -0.3 is 19.0 Å². The Morgan fingerprint density at radius 2 is 1.79 bits per heavy atom. The van der Waals surface area contributed by atoms with Crippen molar-refractivity contribution in [3.63, 3.8) is 0 Å². The summed E-state index contributed by atoms with van der Waals surface area (Å²) in [5.74, 6) is -0.956. The lowest BCUT2D eigenvalue weighted by atomic mass is 9.92. The topological polar surface area (TPSA) is 86.0 Å². The summed E-state index contributed by atoms with van der Waals surface area (Å²) in [4.78, 5) is 24.6. The molecule has 146 valence electrons. The molecule has 0 saturated carbocycles. The number of hydrogen-bond acceptors (Lipinski definition) is 6. The first-order valence-electron chi connectivity index (χ1n) is 8.98. The van der Waals surface area contributed by atoms with E-state index in [1.807, 2.05) is 13.8 Å². The highest BCUT2D eigenvalue weighted by Crippen LogP contribution is 2.35. The number of carbonyl (C=O) groups is 1. The molecule has 0 aliphatic rings. The second kappa shape index (κ2) is 8.17. The van der Waals surface area contributed by atoms with E-state index in [0.29, 0.717) is 16.9 Å². The van der Waals surface area contributed by atoms with E-state index < -0.39 is 23.1 Å². The fourth-order valence-electron chi connectivity index (χ4n) is 3.05. The van der Waals surface area contributed by atoms with Crippen molar-refractivity contribution in [3.8, 4) is 11.5 Å². The molecule has 0 aliphatic heterocycles. The monoisotopic (exact) mass is 382 g/mol. The fourth-order valence-corrected chi connectivity index (χ4v) is 3.05. The highest BCUT2D eigenvalue weighted by molar-refractivity contribution is 5.78. The van der Waals surface area contributed by atoms with Crippen molar-refractivity contribution in [1.82, 2.24) is 0 Å². The van der Waals surface area contributed by atoms with Crippen LogP contribution in [0.3, 0.4) is 0 Å². The maximum atomic E-state index is 12.6. The molecule has 3 aromatic rings. The fraction of sp³-hybridized carbons (Fsp3) is 0.273. The molecule has 28 heavy (non-hydrogen) atoms. The Bertz CT molecular complexity index is 1030. The molecule has 1 aromatic heterocycles. The third-order valence-electron chi connectivity index (χ3n) is 4.37. The van der Waals surface area contributed by atoms with Crippen molar-refractivity contribution in [2.24, 2.45) is 0 Å². The van der Waals surface area contributed by atoms with Gasteiger partial charge in [0, 0.05) is 0 Å². The van der Waals surface area contributed by atoms with Gasteiger partial charge in [0.2, 0.25) is 11.2 Å². The second-order valence-electron chi connectivity index (χ2n) is 6.71. The van der Waals surface area contributed by atoms with E-state index in [-0.39, 0.29) is 23.7 Å². The van der Waals surface area contributed by atoms with Crippen molar-refractivity contribution < 1.29 is 23.8 Å². The third-order valence-corrected chi connectivity index (χ3v) is 4.37. The lowest BCUT2D eigenvalue weighted by molar-refractivity contribution is -0.140. The van der Waals surface area contributed by atoms with Crippen LogP contribution in [0.4, 0.5) is 0 Å². The minimum Gasteiger partial charge on any atom is -0.502 e. The standard InChI is InChI=1S/C22H22O6/c1-13(2)27-15-10-8-14(9-11-15)17(12-19(23)26-3)22-21(25)20(24)16-6-4-5-7-18(16)28-22/h4-11,13,17,25H,12H2,1-3H3/t17-/m0/s1. The van der Waals surface area contributed by atoms with Crippen molar-refractivity contribution >= 4 is 16.9 Å². The van der Waals surface area contributed by atoms with E-state index in [0.717, 1.165) is 0 Å². The molecule has 6 nitrogen and oxygen atoms in total. The van der Waals surface area contributed by atoms with E-state index in [9.17, 15) is 14.7 Å². The Hall–Kier alpha value is -3.28. The highest BCUT2D eigenvalue weighted by Gasteiger charge is 2.27. The molecule has 0 radical (unpaired) electrons. The number of methoxy groups -OCH3 is 1. The van der Waals surface area contributed by atoms with Crippen LogP contribution < -0.4 is 10.2 Å². The molecule has 6 heteroatoms. The Kier molecular flexibility index (Phi) is 5.68. The zero-order valence-corrected chi connectivity index (χ0v) is 16.0. The molecule has 2 aromatic carbocycles. The number of esters is 1. The molecule has 0 saturated heterocycles. The first-order valence-corrected chi connectivity index (χ1v) is 8.98. The molecule has 0 spiro atoms. The first-order chi connectivity index (χ1) is 13.4. The minimum atomic E-state index is -0.683. The van der Waals surface area contributed by atoms with Gasteiger partial charge in [0.15, 0.2) is 5.76 Å². The lowest BCUT2D eigenvalue weighted by Crippen LogP contribution is -2.14. The van der Waals surface area contributed by atoms with Crippen molar-refractivity contribution in [1.29, 1.82) is 0 Å². The van der Waals surface area contributed by atoms with Gasteiger partial charge in [0.25, 0.3) is 0 Å². The number of fused-ring (bicyclic) bond motifs is 1. The number of ether oxygens (including phenoxy) is 2. The van der Waals surface area contributed by atoms with E-state index in [1.165, 1.54) is 7.11 Å². The molecule has 0 bridgehead atoms. The number of aromatic hydroxyl groups is 1. The summed E-state index contributed by atoms with van der Waals surface area (Å²) >= 11 is 0. The van der Waals surface area contributed by atoms with Crippen molar-refractivity contribution in [2.45, 2.75) is 32.3 Å². The maximum absolute atomic E-state index is 12.6. The van der Waals surface area contributed by atoms with Gasteiger partial charge in [-0.2, -0.15) is 0 Å². The number of hydrogen-bond donors (Lipinski definition) is 1. The molecule has 1 atom stereocenters. The van der Waals surface area contributed by atoms with Crippen molar-refractivity contribution in [2.75, 3.05) is 7.11 Å². The summed E-state index contributed by atoms with van der Waals surface area (Å²) in [7, 11) is 1.29. The molecular formula is C22H22O6. The Morgan fingerprint density at radius 3 is 2.43 bits per heavy atom. The van der Waals surface area contributed by atoms with Gasteiger partial charge >= 0.3 is 5.97 Å².